The molecule has 5 nitrogen and oxygen atoms in total. The van der Waals surface area contributed by atoms with Gasteiger partial charge in [-0.15, -0.1) is 0 Å². The second kappa shape index (κ2) is 5.01. The Bertz CT molecular complexity index is 242. The van der Waals surface area contributed by atoms with Crippen LogP contribution in [0.1, 0.15) is 33.6 Å². The first-order valence-corrected chi connectivity index (χ1v) is 5.70. The average Bonchev–Trinajstić information content (AvgIpc) is 2.16. The maximum atomic E-state index is 11.2. The van der Waals surface area contributed by atoms with Crippen LogP contribution in [0.3, 0.4) is 0 Å². The van der Waals surface area contributed by atoms with Gasteiger partial charge in [0.1, 0.15) is 0 Å². The third-order valence-electron chi connectivity index (χ3n) is 2.90. The van der Waals surface area contributed by atoms with Crippen molar-refractivity contribution in [1.29, 1.82) is 0 Å². The van der Waals surface area contributed by atoms with Gasteiger partial charge in [0.15, 0.2) is 0 Å². The van der Waals surface area contributed by atoms with Gasteiger partial charge >= 0.3 is 6.09 Å². The first kappa shape index (κ1) is 13.3. The molecule has 1 aliphatic heterocycles. The van der Waals surface area contributed by atoms with E-state index in [4.69, 9.17) is 10.5 Å². The predicted octanol–water partition coefficient (Wildman–Crippen LogP) is 1.27. The number of nitrogens with zero attached hydrogens (tertiary/aromatic N) is 1. The van der Waals surface area contributed by atoms with Crippen molar-refractivity contribution in [3.05, 3.63) is 0 Å². The Kier molecular flexibility index (Phi) is 4.15. The predicted molar refractivity (Wildman–Crippen MR) is 61.4 cm³/mol. The molecule has 0 unspecified atom stereocenters. The van der Waals surface area contributed by atoms with E-state index in [-0.39, 0.29) is 12.1 Å². The number of rotatable bonds is 2. The zero-order valence-electron chi connectivity index (χ0n) is 10.3. The third kappa shape index (κ3) is 3.09. The van der Waals surface area contributed by atoms with Gasteiger partial charge in [-0.1, -0.05) is 0 Å². The minimum absolute atomic E-state index is 0.0553. The molecule has 0 radical (unpaired) electrons. The van der Waals surface area contributed by atoms with Crippen molar-refractivity contribution in [2.75, 3.05) is 13.2 Å². The van der Waals surface area contributed by atoms with E-state index in [1.807, 2.05) is 20.8 Å². The lowest BCUT2D eigenvalue weighted by Crippen LogP contribution is -2.55. The monoisotopic (exact) mass is 230 g/mol. The maximum Gasteiger partial charge on any atom is 0.408 e. The summed E-state index contributed by atoms with van der Waals surface area (Å²) < 4.78 is 5.54. The van der Waals surface area contributed by atoms with Gasteiger partial charge in [-0.2, -0.15) is 0 Å². The Morgan fingerprint density at radius 2 is 2.12 bits per heavy atom. The fraction of sp³-hybridized carbons (Fsp3) is 0.909. The number of hydrogen-bond acceptors (Lipinski definition) is 3. The molecule has 94 valence electrons. The van der Waals surface area contributed by atoms with E-state index in [0.717, 1.165) is 12.8 Å². The largest absolute Gasteiger partial charge is 0.465 e. The fourth-order valence-electron chi connectivity index (χ4n) is 2.17. The number of hydrogen-bond donors (Lipinski definition) is 2. The molecule has 1 heterocycles. The van der Waals surface area contributed by atoms with Crippen molar-refractivity contribution in [3.63, 3.8) is 0 Å². The molecule has 0 aromatic rings. The topological polar surface area (TPSA) is 75.8 Å². The molecular weight excluding hydrogens is 208 g/mol. The molecule has 0 aromatic carbocycles. The van der Waals surface area contributed by atoms with E-state index in [1.54, 1.807) is 0 Å². The molecule has 16 heavy (non-hydrogen) atoms. The molecule has 1 saturated heterocycles. The van der Waals surface area contributed by atoms with Gasteiger partial charge in [0.2, 0.25) is 0 Å². The Morgan fingerprint density at radius 1 is 1.50 bits per heavy atom. The summed E-state index contributed by atoms with van der Waals surface area (Å²) in [7, 11) is 0. The molecular formula is C11H22N2O3. The normalized spacial score (nSPS) is 26.5. The lowest BCUT2D eigenvalue weighted by Gasteiger charge is -2.42. The molecule has 1 aliphatic rings. The zero-order valence-corrected chi connectivity index (χ0v) is 10.3. The number of carboxylic acid groups (broad SMARTS) is 1. The first-order chi connectivity index (χ1) is 7.36. The van der Waals surface area contributed by atoms with Crippen molar-refractivity contribution < 1.29 is 14.6 Å². The van der Waals surface area contributed by atoms with E-state index < -0.39 is 11.6 Å². The Labute approximate surface area is 96.6 Å². The van der Waals surface area contributed by atoms with Gasteiger partial charge in [-0.25, -0.2) is 4.79 Å². The smallest absolute Gasteiger partial charge is 0.408 e. The summed E-state index contributed by atoms with van der Waals surface area (Å²) in [4.78, 5) is 12.7. The summed E-state index contributed by atoms with van der Waals surface area (Å²) >= 11 is 0. The van der Waals surface area contributed by atoms with E-state index in [2.05, 4.69) is 0 Å². The van der Waals surface area contributed by atoms with Gasteiger partial charge in [0.25, 0.3) is 0 Å². The molecule has 0 spiro atoms. The van der Waals surface area contributed by atoms with E-state index in [9.17, 15) is 9.90 Å². The van der Waals surface area contributed by atoms with Crippen LogP contribution in [-0.4, -0.2) is 46.9 Å². The highest BCUT2D eigenvalue weighted by molar-refractivity contribution is 5.66. The summed E-state index contributed by atoms with van der Waals surface area (Å²) in [6.07, 6.45) is 0.867. The van der Waals surface area contributed by atoms with Crippen LogP contribution in [0.15, 0.2) is 0 Å². The molecule has 3 N–H and O–H groups in total. The van der Waals surface area contributed by atoms with Gasteiger partial charge in [-0.05, 0) is 33.6 Å². The standard InChI is InChI=1S/C11H22N2O3/c1-11(2,3)13(10(14)15)8-4-5-9(6-12)16-7-8/h8-9H,4-7,12H2,1-3H3,(H,14,15)/t8-,9+/m1/s1. The highest BCUT2D eigenvalue weighted by Crippen LogP contribution is 2.24. The Morgan fingerprint density at radius 3 is 2.44 bits per heavy atom. The van der Waals surface area contributed by atoms with Crippen LogP contribution in [0.25, 0.3) is 0 Å². The summed E-state index contributed by atoms with van der Waals surface area (Å²) in [5.74, 6) is 0. The molecule has 1 amide bonds. The molecule has 0 bridgehead atoms. The third-order valence-corrected chi connectivity index (χ3v) is 2.90. The van der Waals surface area contributed by atoms with Crippen LogP contribution in [0, 0.1) is 0 Å². The molecule has 1 fully saturated rings. The average molecular weight is 230 g/mol. The quantitative estimate of drug-likeness (QED) is 0.749. The van der Waals surface area contributed by atoms with Crippen molar-refractivity contribution >= 4 is 6.09 Å². The highest BCUT2D eigenvalue weighted by Gasteiger charge is 2.35. The number of amides is 1. The summed E-state index contributed by atoms with van der Waals surface area (Å²) in [6.45, 7) is 6.66. The fourth-order valence-corrected chi connectivity index (χ4v) is 2.17. The molecule has 0 aromatic heterocycles. The summed E-state index contributed by atoms with van der Waals surface area (Å²) in [5, 5.41) is 9.23. The van der Waals surface area contributed by atoms with E-state index in [0.29, 0.717) is 13.2 Å². The van der Waals surface area contributed by atoms with Gasteiger partial charge in [-0.3, -0.25) is 4.90 Å². The summed E-state index contributed by atoms with van der Waals surface area (Å²) in [6, 6.07) is -0.0553. The highest BCUT2D eigenvalue weighted by atomic mass is 16.5. The second-order valence-corrected chi connectivity index (χ2v) is 5.25. The minimum Gasteiger partial charge on any atom is -0.465 e. The molecule has 1 rings (SSSR count). The van der Waals surface area contributed by atoms with Gasteiger partial charge in [0.05, 0.1) is 18.8 Å². The lowest BCUT2D eigenvalue weighted by atomic mass is 9.98. The summed E-state index contributed by atoms with van der Waals surface area (Å²) in [5.41, 5.74) is 5.12. The number of carbonyl (C=O) groups is 1. The van der Waals surface area contributed by atoms with E-state index in [1.165, 1.54) is 4.90 Å². The van der Waals surface area contributed by atoms with Crippen LogP contribution in [0.2, 0.25) is 0 Å². The van der Waals surface area contributed by atoms with Crippen LogP contribution in [0.5, 0.6) is 0 Å². The van der Waals surface area contributed by atoms with Crippen LogP contribution < -0.4 is 5.73 Å². The Hall–Kier alpha value is -0.810. The van der Waals surface area contributed by atoms with Crippen molar-refractivity contribution in [1.82, 2.24) is 4.90 Å². The molecule has 2 atom stereocenters. The number of nitrogens with two attached hydrogens (primary N) is 1. The van der Waals surface area contributed by atoms with Crippen LogP contribution >= 0.6 is 0 Å². The SMILES string of the molecule is CC(C)(C)N(C(=O)O)[C@@H]1CC[C@@H](CN)OC1. The van der Waals surface area contributed by atoms with Crippen molar-refractivity contribution in [2.45, 2.75) is 51.3 Å². The van der Waals surface area contributed by atoms with Crippen molar-refractivity contribution in [2.24, 2.45) is 5.73 Å². The maximum absolute atomic E-state index is 11.2. The van der Waals surface area contributed by atoms with Gasteiger partial charge in [0, 0.05) is 12.1 Å². The van der Waals surface area contributed by atoms with Crippen LogP contribution in [-0.2, 0) is 4.74 Å². The molecule has 5 heteroatoms. The van der Waals surface area contributed by atoms with Gasteiger partial charge < -0.3 is 15.6 Å². The van der Waals surface area contributed by atoms with Crippen LogP contribution in [0.4, 0.5) is 4.79 Å². The lowest BCUT2D eigenvalue weighted by molar-refractivity contribution is -0.0465. The first-order valence-electron chi connectivity index (χ1n) is 5.70. The number of ether oxygens (including phenoxy) is 1. The van der Waals surface area contributed by atoms with E-state index >= 15 is 0 Å². The second-order valence-electron chi connectivity index (χ2n) is 5.25. The minimum atomic E-state index is -0.882. The zero-order chi connectivity index (χ0) is 12.3. The molecule has 0 saturated carbocycles. The van der Waals surface area contributed by atoms with Crippen molar-refractivity contribution in [3.8, 4) is 0 Å². The molecule has 0 aliphatic carbocycles. The Balaban J connectivity index is 2.65.